The Bertz CT molecular complexity index is 612. The highest BCUT2D eigenvalue weighted by Gasteiger charge is 2.07. The molecule has 1 aromatic carbocycles. The van der Waals surface area contributed by atoms with Crippen LogP contribution >= 0.6 is 24.4 Å². The molecule has 0 saturated heterocycles. The van der Waals surface area contributed by atoms with Gasteiger partial charge in [-0.25, -0.2) is 0 Å². The summed E-state index contributed by atoms with van der Waals surface area (Å²) in [5.74, 6) is 0. The number of nitro benzene ring substituents is 1. The zero-order chi connectivity index (χ0) is 15.8. The van der Waals surface area contributed by atoms with Crippen molar-refractivity contribution < 1.29 is 4.92 Å². The van der Waals surface area contributed by atoms with Crippen LogP contribution in [0.25, 0.3) is 0 Å². The first-order valence-electron chi connectivity index (χ1n) is 5.36. The lowest BCUT2D eigenvalue weighted by Crippen LogP contribution is -2.27. The van der Waals surface area contributed by atoms with Gasteiger partial charge >= 0.3 is 0 Å². The molecule has 21 heavy (non-hydrogen) atoms. The van der Waals surface area contributed by atoms with Crippen molar-refractivity contribution >= 4 is 52.3 Å². The Morgan fingerprint density at radius 2 is 1.76 bits per heavy atom. The third-order valence-electron chi connectivity index (χ3n) is 2.02. The molecule has 0 aromatic heterocycles. The molecule has 1 rings (SSSR count). The molecule has 0 bridgehead atoms. The summed E-state index contributed by atoms with van der Waals surface area (Å²) in [5.41, 5.74) is 16.1. The van der Waals surface area contributed by atoms with Gasteiger partial charge in [-0.05, 0) is 36.6 Å². The van der Waals surface area contributed by atoms with E-state index in [0.29, 0.717) is 11.3 Å². The molecule has 0 heterocycles. The Morgan fingerprint density at radius 1 is 1.19 bits per heavy atom. The van der Waals surface area contributed by atoms with Crippen LogP contribution in [0.15, 0.2) is 34.5 Å². The second-order valence-electron chi connectivity index (χ2n) is 3.51. The van der Waals surface area contributed by atoms with Gasteiger partial charge in [-0.1, -0.05) is 0 Å². The Balaban J connectivity index is 3.02. The molecular formula is C10H11N7O2S2. The van der Waals surface area contributed by atoms with Crippen LogP contribution in [0.5, 0.6) is 0 Å². The van der Waals surface area contributed by atoms with Crippen molar-refractivity contribution in [2.45, 2.75) is 0 Å². The van der Waals surface area contributed by atoms with Crippen LogP contribution in [0.4, 0.5) is 5.69 Å². The van der Waals surface area contributed by atoms with Crippen molar-refractivity contribution in [1.82, 2.24) is 10.9 Å². The van der Waals surface area contributed by atoms with Gasteiger partial charge in [0.25, 0.3) is 5.69 Å². The number of hydrogen-bond acceptors (Lipinski definition) is 6. The van der Waals surface area contributed by atoms with Gasteiger partial charge in [0.2, 0.25) is 0 Å². The monoisotopic (exact) mass is 325 g/mol. The van der Waals surface area contributed by atoms with Crippen molar-refractivity contribution in [3.63, 3.8) is 0 Å². The van der Waals surface area contributed by atoms with Gasteiger partial charge in [-0.15, -0.1) is 0 Å². The van der Waals surface area contributed by atoms with Crippen molar-refractivity contribution in [3.8, 4) is 0 Å². The number of thiocarbonyl (C=S) groups is 2. The van der Waals surface area contributed by atoms with Crippen LogP contribution in [0, 0.1) is 10.1 Å². The number of hydrazone groups is 2. The largest absolute Gasteiger partial charge is 0.375 e. The maximum absolute atomic E-state index is 10.6. The summed E-state index contributed by atoms with van der Waals surface area (Å²) in [6.07, 6.45) is 1.31. The average molecular weight is 325 g/mol. The summed E-state index contributed by atoms with van der Waals surface area (Å²) in [7, 11) is 0. The van der Waals surface area contributed by atoms with E-state index < -0.39 is 4.92 Å². The van der Waals surface area contributed by atoms with Crippen LogP contribution in [-0.4, -0.2) is 27.1 Å². The quantitative estimate of drug-likeness (QED) is 0.255. The van der Waals surface area contributed by atoms with E-state index in [1.165, 1.54) is 30.5 Å². The van der Waals surface area contributed by atoms with Crippen LogP contribution in [0.1, 0.15) is 5.56 Å². The van der Waals surface area contributed by atoms with Crippen LogP contribution in [-0.2, 0) is 0 Å². The van der Waals surface area contributed by atoms with Crippen molar-refractivity contribution in [2.24, 2.45) is 21.7 Å². The minimum absolute atomic E-state index is 0.0170. The number of nitrogens with two attached hydrogens (primary N) is 2. The van der Waals surface area contributed by atoms with E-state index in [-0.39, 0.29) is 15.9 Å². The fourth-order valence-corrected chi connectivity index (χ4v) is 1.29. The predicted octanol–water partition coefficient (Wildman–Crippen LogP) is -0.0489. The van der Waals surface area contributed by atoms with Gasteiger partial charge in [0, 0.05) is 17.7 Å². The molecule has 0 aliphatic heterocycles. The number of nitrogens with zero attached hydrogens (tertiary/aromatic N) is 3. The normalized spacial score (nSPS) is 11.1. The lowest BCUT2D eigenvalue weighted by atomic mass is 10.1. The van der Waals surface area contributed by atoms with Crippen LogP contribution < -0.4 is 22.3 Å². The van der Waals surface area contributed by atoms with Gasteiger partial charge in [0.05, 0.1) is 11.1 Å². The maximum atomic E-state index is 10.6. The summed E-state index contributed by atoms with van der Waals surface area (Å²) in [6, 6.07) is 5.68. The summed E-state index contributed by atoms with van der Waals surface area (Å²) in [6.45, 7) is 0. The average Bonchev–Trinajstić information content (AvgIpc) is 2.42. The lowest BCUT2D eigenvalue weighted by molar-refractivity contribution is -0.384. The highest BCUT2D eigenvalue weighted by molar-refractivity contribution is 7.80. The molecule has 0 unspecified atom stereocenters. The number of nitrogens with one attached hydrogen (secondary N) is 2. The minimum atomic E-state index is -0.504. The summed E-state index contributed by atoms with van der Waals surface area (Å²) in [4.78, 5) is 10.1. The minimum Gasteiger partial charge on any atom is -0.375 e. The molecule has 0 amide bonds. The molecular weight excluding hydrogens is 314 g/mol. The zero-order valence-electron chi connectivity index (χ0n) is 10.5. The number of nitro groups is 1. The summed E-state index contributed by atoms with van der Waals surface area (Å²) < 4.78 is 0. The Labute approximate surface area is 130 Å². The topological polar surface area (TPSA) is 144 Å². The number of non-ortho nitro benzene ring substituents is 1. The summed E-state index contributed by atoms with van der Waals surface area (Å²) >= 11 is 9.24. The van der Waals surface area contributed by atoms with Crippen LogP contribution in [0.3, 0.4) is 0 Å². The lowest BCUT2D eigenvalue weighted by Gasteiger charge is -2.03. The molecule has 11 heteroatoms. The Morgan fingerprint density at radius 3 is 2.24 bits per heavy atom. The number of hydrogen-bond donors (Lipinski definition) is 4. The first kappa shape index (κ1) is 16.4. The standard InChI is InChI=1S/C10H11N7O2S2/c11-9(20)15-13-5-8(14-16-10(12)21)6-1-3-7(4-2-6)17(18)19/h1-5H,(H3,11,15,20)(H3,12,16,21). The van der Waals surface area contributed by atoms with Gasteiger partial charge in [-0.2, -0.15) is 10.2 Å². The highest BCUT2D eigenvalue weighted by atomic mass is 32.1. The third-order valence-corrected chi connectivity index (χ3v) is 2.20. The SMILES string of the molecule is NC(=S)NN=CC(=NNC(N)=S)c1ccc([N+](=O)[O-])cc1. The first-order valence-corrected chi connectivity index (χ1v) is 6.18. The fourth-order valence-electron chi connectivity index (χ4n) is 1.19. The number of benzene rings is 1. The van der Waals surface area contributed by atoms with Crippen LogP contribution in [0.2, 0.25) is 0 Å². The Kier molecular flexibility index (Phi) is 6.10. The van der Waals surface area contributed by atoms with E-state index in [0.717, 1.165) is 0 Å². The first-order chi connectivity index (χ1) is 9.90. The van der Waals surface area contributed by atoms with Crippen molar-refractivity contribution in [2.75, 3.05) is 0 Å². The maximum Gasteiger partial charge on any atom is 0.269 e. The Hall–Kier alpha value is -2.66. The second-order valence-corrected chi connectivity index (χ2v) is 4.39. The van der Waals surface area contributed by atoms with E-state index in [9.17, 15) is 10.1 Å². The molecule has 0 atom stereocenters. The van der Waals surface area contributed by atoms with E-state index in [1.807, 2.05) is 0 Å². The van der Waals surface area contributed by atoms with E-state index in [4.69, 9.17) is 11.5 Å². The smallest absolute Gasteiger partial charge is 0.269 e. The highest BCUT2D eigenvalue weighted by Crippen LogP contribution is 2.12. The predicted molar refractivity (Wildman–Crippen MR) is 88.0 cm³/mol. The van der Waals surface area contributed by atoms with Gasteiger partial charge in [0.1, 0.15) is 5.71 Å². The number of rotatable bonds is 5. The van der Waals surface area contributed by atoms with Crippen molar-refractivity contribution in [3.05, 3.63) is 39.9 Å². The molecule has 0 fully saturated rings. The summed E-state index contributed by atoms with van der Waals surface area (Å²) in [5, 5.41) is 18.2. The zero-order valence-corrected chi connectivity index (χ0v) is 12.1. The fraction of sp³-hybridized carbons (Fsp3) is 0. The second kappa shape index (κ2) is 7.81. The molecule has 0 spiro atoms. The molecule has 110 valence electrons. The van der Waals surface area contributed by atoms with E-state index >= 15 is 0 Å². The molecule has 0 aliphatic carbocycles. The van der Waals surface area contributed by atoms with E-state index in [1.54, 1.807) is 0 Å². The third kappa shape index (κ3) is 5.88. The van der Waals surface area contributed by atoms with Gasteiger partial charge in [-0.3, -0.25) is 21.0 Å². The molecule has 0 saturated carbocycles. The molecule has 0 aliphatic rings. The van der Waals surface area contributed by atoms with Gasteiger partial charge < -0.3 is 11.5 Å². The van der Waals surface area contributed by atoms with Crippen molar-refractivity contribution in [1.29, 1.82) is 0 Å². The molecule has 1 aromatic rings. The molecule has 6 N–H and O–H groups in total. The van der Waals surface area contributed by atoms with E-state index in [2.05, 4.69) is 45.5 Å². The molecule has 0 radical (unpaired) electrons. The molecule has 9 nitrogen and oxygen atoms in total. The van der Waals surface area contributed by atoms with Gasteiger partial charge in [0.15, 0.2) is 10.2 Å².